The second-order valence-electron chi connectivity index (χ2n) is 3.95. The Hall–Kier alpha value is -0.860. The summed E-state index contributed by atoms with van der Waals surface area (Å²) in [5.41, 5.74) is 2.88. The summed E-state index contributed by atoms with van der Waals surface area (Å²) < 4.78 is 0. The molecule has 0 amide bonds. The van der Waals surface area contributed by atoms with Crippen LogP contribution in [0.5, 0.6) is 0 Å². The highest BCUT2D eigenvalue weighted by molar-refractivity contribution is 5.36. The van der Waals surface area contributed by atoms with Crippen molar-refractivity contribution >= 4 is 0 Å². The molecule has 0 aliphatic carbocycles. The van der Waals surface area contributed by atoms with Crippen molar-refractivity contribution in [1.82, 2.24) is 5.32 Å². The first-order chi connectivity index (χ1) is 6.12. The van der Waals surface area contributed by atoms with E-state index in [1.54, 1.807) is 0 Å². The molecule has 0 spiro atoms. The van der Waals surface area contributed by atoms with Gasteiger partial charge in [0, 0.05) is 13.1 Å². The number of hydrogen-bond acceptors (Lipinski definition) is 2. The number of hydrogen-bond donors (Lipinski definition) is 2. The van der Waals surface area contributed by atoms with E-state index in [0.717, 1.165) is 5.56 Å². The zero-order valence-electron chi connectivity index (χ0n) is 8.09. The molecule has 1 aromatic rings. The second kappa shape index (κ2) is 2.82. The zero-order chi connectivity index (χ0) is 9.47. The predicted octanol–water partition coefficient (Wildman–Crippen LogP) is 1.09. The fourth-order valence-electron chi connectivity index (χ4n) is 1.89. The molecule has 1 aliphatic heterocycles. The Labute approximate surface area is 78.6 Å². The standard InChI is InChI=1S/C11H15NO/c1-8-3-4-10(9(2)5-8)11(13)6-12-7-11/h3-5,12-13H,6-7H2,1-2H3. The summed E-state index contributed by atoms with van der Waals surface area (Å²) in [6.07, 6.45) is 0. The van der Waals surface area contributed by atoms with Gasteiger partial charge in [-0.25, -0.2) is 0 Å². The first-order valence-electron chi connectivity index (χ1n) is 4.63. The molecule has 70 valence electrons. The Kier molecular flexibility index (Phi) is 1.90. The highest BCUT2D eigenvalue weighted by atomic mass is 16.3. The van der Waals surface area contributed by atoms with E-state index >= 15 is 0 Å². The van der Waals surface area contributed by atoms with Gasteiger partial charge in [-0.15, -0.1) is 0 Å². The van der Waals surface area contributed by atoms with Crippen LogP contribution in [0.15, 0.2) is 18.2 Å². The highest BCUT2D eigenvalue weighted by Gasteiger charge is 2.36. The fourth-order valence-corrected chi connectivity index (χ4v) is 1.89. The molecule has 1 aromatic carbocycles. The van der Waals surface area contributed by atoms with Gasteiger partial charge in [0.05, 0.1) is 0 Å². The monoisotopic (exact) mass is 177 g/mol. The molecule has 0 radical (unpaired) electrons. The van der Waals surface area contributed by atoms with E-state index in [2.05, 4.69) is 31.3 Å². The summed E-state index contributed by atoms with van der Waals surface area (Å²) >= 11 is 0. The lowest BCUT2D eigenvalue weighted by Crippen LogP contribution is -2.57. The van der Waals surface area contributed by atoms with Crippen molar-refractivity contribution < 1.29 is 5.11 Å². The summed E-state index contributed by atoms with van der Waals surface area (Å²) in [5, 5.41) is 13.2. The molecule has 0 atom stereocenters. The lowest BCUT2D eigenvalue weighted by atomic mass is 9.85. The number of β-amino-alcohol motifs (C(OH)–C–C–N with tert-alkyl or cyclic N) is 1. The summed E-state index contributed by atoms with van der Waals surface area (Å²) in [4.78, 5) is 0. The molecule has 2 rings (SSSR count). The topological polar surface area (TPSA) is 32.3 Å². The van der Waals surface area contributed by atoms with Crippen LogP contribution in [0.1, 0.15) is 16.7 Å². The van der Waals surface area contributed by atoms with E-state index in [1.807, 2.05) is 6.07 Å². The molecule has 0 saturated carbocycles. The van der Waals surface area contributed by atoms with Gasteiger partial charge in [0.15, 0.2) is 0 Å². The Morgan fingerprint density at radius 3 is 2.46 bits per heavy atom. The summed E-state index contributed by atoms with van der Waals surface area (Å²) in [7, 11) is 0. The summed E-state index contributed by atoms with van der Waals surface area (Å²) in [5.74, 6) is 0. The predicted molar refractivity (Wildman–Crippen MR) is 52.7 cm³/mol. The highest BCUT2D eigenvalue weighted by Crippen LogP contribution is 2.28. The average Bonchev–Trinajstić information content (AvgIpc) is 2.00. The van der Waals surface area contributed by atoms with Crippen molar-refractivity contribution in [3.8, 4) is 0 Å². The molecule has 1 aliphatic rings. The fraction of sp³-hybridized carbons (Fsp3) is 0.455. The SMILES string of the molecule is Cc1ccc(C2(O)CNC2)c(C)c1. The number of aliphatic hydroxyl groups is 1. The van der Waals surface area contributed by atoms with Crippen LogP contribution in [0.3, 0.4) is 0 Å². The molecule has 0 aromatic heterocycles. The quantitative estimate of drug-likeness (QED) is 0.673. The maximum atomic E-state index is 10.1. The molecular formula is C11H15NO. The number of rotatable bonds is 1. The largest absolute Gasteiger partial charge is 0.382 e. The van der Waals surface area contributed by atoms with Crippen LogP contribution in [-0.4, -0.2) is 18.2 Å². The van der Waals surface area contributed by atoms with Gasteiger partial charge in [0.25, 0.3) is 0 Å². The zero-order valence-corrected chi connectivity index (χ0v) is 8.09. The van der Waals surface area contributed by atoms with Crippen LogP contribution < -0.4 is 5.32 Å². The average molecular weight is 177 g/mol. The molecule has 1 saturated heterocycles. The Balaban J connectivity index is 2.40. The van der Waals surface area contributed by atoms with Crippen molar-refractivity contribution in [1.29, 1.82) is 0 Å². The van der Waals surface area contributed by atoms with Crippen molar-refractivity contribution in [3.05, 3.63) is 34.9 Å². The number of aryl methyl sites for hydroxylation is 2. The minimum atomic E-state index is -0.613. The molecule has 2 heteroatoms. The lowest BCUT2D eigenvalue weighted by Gasteiger charge is -2.39. The van der Waals surface area contributed by atoms with Crippen LogP contribution in [0.4, 0.5) is 0 Å². The van der Waals surface area contributed by atoms with E-state index < -0.39 is 5.60 Å². The lowest BCUT2D eigenvalue weighted by molar-refractivity contribution is -0.0152. The third-order valence-electron chi connectivity index (χ3n) is 2.72. The van der Waals surface area contributed by atoms with Gasteiger partial charge in [-0.1, -0.05) is 23.8 Å². The van der Waals surface area contributed by atoms with Crippen LogP contribution in [0.25, 0.3) is 0 Å². The van der Waals surface area contributed by atoms with Crippen molar-refractivity contribution in [2.24, 2.45) is 0 Å². The number of benzene rings is 1. The molecule has 1 heterocycles. The Morgan fingerprint density at radius 2 is 2.00 bits per heavy atom. The van der Waals surface area contributed by atoms with Crippen LogP contribution in [0.2, 0.25) is 0 Å². The van der Waals surface area contributed by atoms with Crippen LogP contribution >= 0.6 is 0 Å². The Morgan fingerprint density at radius 1 is 1.31 bits per heavy atom. The molecule has 2 N–H and O–H groups in total. The number of nitrogens with one attached hydrogen (secondary N) is 1. The molecule has 2 nitrogen and oxygen atoms in total. The van der Waals surface area contributed by atoms with Crippen LogP contribution in [-0.2, 0) is 5.60 Å². The maximum absolute atomic E-state index is 10.1. The molecule has 13 heavy (non-hydrogen) atoms. The van der Waals surface area contributed by atoms with Gasteiger partial charge in [-0.05, 0) is 25.0 Å². The third-order valence-corrected chi connectivity index (χ3v) is 2.72. The molecular weight excluding hydrogens is 162 g/mol. The van der Waals surface area contributed by atoms with E-state index in [-0.39, 0.29) is 0 Å². The van der Waals surface area contributed by atoms with Crippen molar-refractivity contribution in [3.63, 3.8) is 0 Å². The first kappa shape index (κ1) is 8.73. The summed E-state index contributed by atoms with van der Waals surface area (Å²) in [6.45, 7) is 5.48. The Bertz CT molecular complexity index is 329. The van der Waals surface area contributed by atoms with Gasteiger partial charge in [-0.2, -0.15) is 0 Å². The molecule has 0 bridgehead atoms. The van der Waals surface area contributed by atoms with Gasteiger partial charge in [-0.3, -0.25) is 0 Å². The minimum Gasteiger partial charge on any atom is -0.382 e. The summed E-state index contributed by atoms with van der Waals surface area (Å²) in [6, 6.07) is 6.20. The van der Waals surface area contributed by atoms with Gasteiger partial charge >= 0.3 is 0 Å². The van der Waals surface area contributed by atoms with E-state index in [1.165, 1.54) is 11.1 Å². The van der Waals surface area contributed by atoms with Crippen molar-refractivity contribution in [2.75, 3.05) is 13.1 Å². The maximum Gasteiger partial charge on any atom is 0.115 e. The van der Waals surface area contributed by atoms with Crippen LogP contribution in [0, 0.1) is 13.8 Å². The normalized spacial score (nSPS) is 19.6. The minimum absolute atomic E-state index is 0.613. The third kappa shape index (κ3) is 1.36. The van der Waals surface area contributed by atoms with Gasteiger partial charge in [0.2, 0.25) is 0 Å². The van der Waals surface area contributed by atoms with Gasteiger partial charge < -0.3 is 10.4 Å². The molecule has 1 fully saturated rings. The van der Waals surface area contributed by atoms with Gasteiger partial charge in [0.1, 0.15) is 5.60 Å². The van der Waals surface area contributed by atoms with E-state index in [0.29, 0.717) is 13.1 Å². The van der Waals surface area contributed by atoms with E-state index in [9.17, 15) is 5.11 Å². The molecule has 0 unspecified atom stereocenters. The van der Waals surface area contributed by atoms with Crippen molar-refractivity contribution in [2.45, 2.75) is 19.4 Å². The second-order valence-corrected chi connectivity index (χ2v) is 3.95. The van der Waals surface area contributed by atoms with E-state index in [4.69, 9.17) is 0 Å². The first-order valence-corrected chi connectivity index (χ1v) is 4.63. The smallest absolute Gasteiger partial charge is 0.115 e.